The van der Waals surface area contributed by atoms with Crippen LogP contribution in [0.25, 0.3) is 0 Å². The second kappa shape index (κ2) is 7.75. The maximum Gasteiger partial charge on any atom is 0.231 e. The van der Waals surface area contributed by atoms with Crippen LogP contribution in [0.15, 0.2) is 78.0 Å². The van der Waals surface area contributed by atoms with Gasteiger partial charge in [-0.15, -0.1) is 0 Å². The van der Waals surface area contributed by atoms with Crippen molar-refractivity contribution in [3.63, 3.8) is 0 Å². The maximum absolute atomic E-state index is 13.1. The molecule has 0 fully saturated rings. The highest BCUT2D eigenvalue weighted by Crippen LogP contribution is 2.49. The molecule has 2 heterocycles. The summed E-state index contributed by atoms with van der Waals surface area (Å²) in [5.74, 6) is 2.30. The van der Waals surface area contributed by atoms with Crippen LogP contribution in [-0.2, 0) is 11.4 Å². The zero-order valence-electron chi connectivity index (χ0n) is 17.6. The number of rotatable bonds is 4. The maximum atomic E-state index is 13.1. The summed E-state index contributed by atoms with van der Waals surface area (Å²) in [6, 6.07) is 22.2. The van der Waals surface area contributed by atoms with Gasteiger partial charge in [0.05, 0.1) is 0 Å². The molecule has 0 unspecified atom stereocenters. The number of carbonyl (C=O) groups is 1. The van der Waals surface area contributed by atoms with Crippen molar-refractivity contribution >= 4 is 11.5 Å². The van der Waals surface area contributed by atoms with Crippen molar-refractivity contribution in [1.29, 1.82) is 0 Å². The fourth-order valence-corrected chi connectivity index (χ4v) is 4.82. The SMILES string of the molecule is O=C1CCCC2=C1[C@H](c1cccc(OCc3ccccc3)c1)c1cc3c(cc1N2)OCO3. The minimum Gasteiger partial charge on any atom is -0.489 e. The lowest BCUT2D eigenvalue weighted by Gasteiger charge is -2.34. The van der Waals surface area contributed by atoms with Crippen LogP contribution in [0, 0.1) is 0 Å². The third kappa shape index (κ3) is 3.30. The molecule has 1 atom stereocenters. The fourth-order valence-electron chi connectivity index (χ4n) is 4.82. The normalized spacial score (nSPS) is 18.6. The summed E-state index contributed by atoms with van der Waals surface area (Å²) in [5.41, 5.74) is 6.05. The summed E-state index contributed by atoms with van der Waals surface area (Å²) in [5, 5.41) is 3.51. The molecular weight excluding hydrogens is 402 g/mol. The van der Waals surface area contributed by atoms with Crippen molar-refractivity contribution in [3.8, 4) is 17.2 Å². The van der Waals surface area contributed by atoms with E-state index < -0.39 is 0 Å². The molecule has 0 saturated heterocycles. The van der Waals surface area contributed by atoms with Gasteiger partial charge >= 0.3 is 0 Å². The van der Waals surface area contributed by atoms with Crippen molar-refractivity contribution in [2.45, 2.75) is 31.8 Å². The van der Waals surface area contributed by atoms with Gasteiger partial charge in [0.1, 0.15) is 12.4 Å². The summed E-state index contributed by atoms with van der Waals surface area (Å²) in [6.07, 6.45) is 2.33. The molecule has 1 N–H and O–H groups in total. The lowest BCUT2D eigenvalue weighted by Crippen LogP contribution is -2.26. The number of ether oxygens (including phenoxy) is 3. The predicted octanol–water partition coefficient (Wildman–Crippen LogP) is 5.56. The Balaban J connectivity index is 1.41. The summed E-state index contributed by atoms with van der Waals surface area (Å²) >= 11 is 0. The second-order valence-electron chi connectivity index (χ2n) is 8.37. The number of anilines is 1. The number of hydrogen-bond acceptors (Lipinski definition) is 5. The molecule has 3 aromatic rings. The minimum atomic E-state index is -0.163. The molecule has 5 nitrogen and oxygen atoms in total. The van der Waals surface area contributed by atoms with Crippen molar-refractivity contribution in [1.82, 2.24) is 0 Å². The largest absolute Gasteiger partial charge is 0.489 e. The number of fused-ring (bicyclic) bond motifs is 2. The van der Waals surface area contributed by atoms with E-state index in [9.17, 15) is 4.79 Å². The van der Waals surface area contributed by atoms with Crippen LogP contribution < -0.4 is 19.5 Å². The molecule has 0 amide bonds. The first-order valence-corrected chi connectivity index (χ1v) is 11.0. The van der Waals surface area contributed by atoms with Gasteiger partial charge in [-0.05, 0) is 47.7 Å². The van der Waals surface area contributed by atoms with Gasteiger partial charge in [0.25, 0.3) is 0 Å². The Hall–Kier alpha value is -3.73. The van der Waals surface area contributed by atoms with E-state index in [4.69, 9.17) is 14.2 Å². The van der Waals surface area contributed by atoms with E-state index in [0.29, 0.717) is 13.0 Å². The highest BCUT2D eigenvalue weighted by atomic mass is 16.7. The van der Waals surface area contributed by atoms with Crippen molar-refractivity contribution < 1.29 is 19.0 Å². The molecule has 160 valence electrons. The first-order chi connectivity index (χ1) is 15.8. The third-order valence-electron chi connectivity index (χ3n) is 6.33. The van der Waals surface area contributed by atoms with E-state index in [0.717, 1.165) is 63.7 Å². The molecule has 0 spiro atoms. The molecule has 2 aliphatic heterocycles. The Labute approximate surface area is 186 Å². The number of benzene rings is 3. The van der Waals surface area contributed by atoms with Crippen LogP contribution in [0.5, 0.6) is 17.2 Å². The van der Waals surface area contributed by atoms with Crippen LogP contribution in [0.3, 0.4) is 0 Å². The highest BCUT2D eigenvalue weighted by molar-refractivity contribution is 6.01. The van der Waals surface area contributed by atoms with Gasteiger partial charge in [-0.3, -0.25) is 4.79 Å². The number of Topliss-reactive ketones (excluding diaryl/α,β-unsaturated/α-hetero) is 1. The number of nitrogens with one attached hydrogen (secondary N) is 1. The summed E-state index contributed by atoms with van der Waals surface area (Å²) in [7, 11) is 0. The van der Waals surface area contributed by atoms with E-state index in [-0.39, 0.29) is 18.5 Å². The topological polar surface area (TPSA) is 56.8 Å². The zero-order valence-corrected chi connectivity index (χ0v) is 17.6. The summed E-state index contributed by atoms with van der Waals surface area (Å²) in [4.78, 5) is 13.1. The Kier molecular flexibility index (Phi) is 4.60. The number of hydrogen-bond donors (Lipinski definition) is 1. The van der Waals surface area contributed by atoms with Gasteiger partial charge < -0.3 is 19.5 Å². The van der Waals surface area contributed by atoms with Crippen molar-refractivity contribution in [3.05, 3.63) is 94.7 Å². The van der Waals surface area contributed by atoms with Gasteiger partial charge in [-0.25, -0.2) is 0 Å². The molecule has 32 heavy (non-hydrogen) atoms. The average molecular weight is 425 g/mol. The van der Waals surface area contributed by atoms with E-state index in [1.54, 1.807) is 0 Å². The molecule has 0 saturated carbocycles. The van der Waals surface area contributed by atoms with Crippen LogP contribution in [0.4, 0.5) is 5.69 Å². The highest BCUT2D eigenvalue weighted by Gasteiger charge is 2.36. The monoisotopic (exact) mass is 425 g/mol. The molecule has 3 aliphatic rings. The molecule has 3 aromatic carbocycles. The van der Waals surface area contributed by atoms with Crippen molar-refractivity contribution in [2.24, 2.45) is 0 Å². The van der Waals surface area contributed by atoms with Gasteiger partial charge in [0.2, 0.25) is 6.79 Å². The van der Waals surface area contributed by atoms with Crippen LogP contribution in [0.1, 0.15) is 41.9 Å². The third-order valence-corrected chi connectivity index (χ3v) is 6.33. The Morgan fingerprint density at radius 3 is 2.66 bits per heavy atom. The van der Waals surface area contributed by atoms with E-state index >= 15 is 0 Å². The quantitative estimate of drug-likeness (QED) is 0.593. The predicted molar refractivity (Wildman–Crippen MR) is 121 cm³/mol. The summed E-state index contributed by atoms with van der Waals surface area (Å²) < 4.78 is 17.3. The minimum absolute atomic E-state index is 0.163. The second-order valence-corrected chi connectivity index (χ2v) is 8.37. The first kappa shape index (κ1) is 19.0. The van der Waals surface area contributed by atoms with Gasteiger partial charge in [0.15, 0.2) is 17.3 Å². The molecule has 6 rings (SSSR count). The summed E-state index contributed by atoms with van der Waals surface area (Å²) in [6.45, 7) is 0.719. The van der Waals surface area contributed by atoms with Crippen LogP contribution >= 0.6 is 0 Å². The Morgan fingerprint density at radius 2 is 1.78 bits per heavy atom. The number of allylic oxidation sites excluding steroid dienone is 2. The molecular formula is C27H23NO4. The molecule has 0 bridgehead atoms. The van der Waals surface area contributed by atoms with E-state index in [2.05, 4.69) is 17.4 Å². The van der Waals surface area contributed by atoms with E-state index in [1.165, 1.54) is 0 Å². The lowest BCUT2D eigenvalue weighted by atomic mass is 9.75. The fraction of sp³-hybridized carbons (Fsp3) is 0.222. The first-order valence-electron chi connectivity index (χ1n) is 11.0. The van der Waals surface area contributed by atoms with Gasteiger partial charge in [-0.1, -0.05) is 42.5 Å². The standard InChI is InChI=1S/C27H23NO4/c29-23-11-5-10-21-27(23)26(20-13-24-25(32-16-31-24)14-22(20)28-21)18-8-4-9-19(12-18)30-15-17-6-2-1-3-7-17/h1-4,6-9,12-14,26,28H,5,10-11,15-16H2/t26-/m1/s1. The average Bonchev–Trinajstić information content (AvgIpc) is 3.28. The van der Waals surface area contributed by atoms with Crippen molar-refractivity contribution in [2.75, 3.05) is 12.1 Å². The molecule has 0 aromatic heterocycles. The molecule has 1 aliphatic carbocycles. The number of carbonyl (C=O) groups excluding carboxylic acids is 1. The van der Waals surface area contributed by atoms with Gasteiger partial charge in [0, 0.05) is 35.4 Å². The lowest BCUT2D eigenvalue weighted by molar-refractivity contribution is -0.116. The number of ketones is 1. The van der Waals surface area contributed by atoms with Crippen LogP contribution in [0.2, 0.25) is 0 Å². The molecule has 0 radical (unpaired) electrons. The molecule has 5 heteroatoms. The van der Waals surface area contributed by atoms with E-state index in [1.807, 2.05) is 54.6 Å². The Morgan fingerprint density at radius 1 is 0.938 bits per heavy atom. The van der Waals surface area contributed by atoms with Crippen LogP contribution in [-0.4, -0.2) is 12.6 Å². The smallest absolute Gasteiger partial charge is 0.231 e. The zero-order chi connectivity index (χ0) is 21.5. The van der Waals surface area contributed by atoms with Gasteiger partial charge in [-0.2, -0.15) is 0 Å². The Bertz CT molecular complexity index is 1230.